The van der Waals surface area contributed by atoms with Crippen LogP contribution in [0, 0.1) is 10.1 Å². The van der Waals surface area contributed by atoms with Crippen LogP contribution in [0.2, 0.25) is 0 Å². The summed E-state index contributed by atoms with van der Waals surface area (Å²) in [6.07, 6.45) is 2.98. The van der Waals surface area contributed by atoms with Crippen molar-refractivity contribution in [2.24, 2.45) is 0 Å². The largest absolute Gasteiger partial charge is 0.497 e. The molecule has 0 unspecified atom stereocenters. The van der Waals surface area contributed by atoms with E-state index in [2.05, 4.69) is 0 Å². The fourth-order valence-electron chi connectivity index (χ4n) is 2.48. The third kappa shape index (κ3) is 3.55. The van der Waals surface area contributed by atoms with Gasteiger partial charge in [0.15, 0.2) is 0 Å². The van der Waals surface area contributed by atoms with Crippen LogP contribution in [0.4, 0.5) is 5.69 Å². The van der Waals surface area contributed by atoms with Gasteiger partial charge < -0.3 is 14.2 Å². The van der Waals surface area contributed by atoms with Crippen molar-refractivity contribution in [3.8, 4) is 5.75 Å². The molecule has 0 radical (unpaired) electrons. The number of benzene rings is 2. The van der Waals surface area contributed by atoms with Crippen molar-refractivity contribution in [1.29, 1.82) is 0 Å². The van der Waals surface area contributed by atoms with Crippen molar-refractivity contribution in [3.63, 3.8) is 0 Å². The Morgan fingerprint density at radius 3 is 2.38 bits per heavy atom. The van der Waals surface area contributed by atoms with Crippen LogP contribution in [-0.4, -0.2) is 18.6 Å². The van der Waals surface area contributed by atoms with E-state index < -0.39 is 11.2 Å². The van der Waals surface area contributed by atoms with Gasteiger partial charge >= 0.3 is 0 Å². The van der Waals surface area contributed by atoms with Crippen LogP contribution in [0.15, 0.2) is 60.9 Å². The first-order chi connectivity index (χ1) is 11.7. The van der Waals surface area contributed by atoms with E-state index in [4.69, 9.17) is 14.2 Å². The molecule has 124 valence electrons. The predicted octanol–water partition coefficient (Wildman–Crippen LogP) is 3.95. The molecule has 0 aliphatic carbocycles. The highest BCUT2D eigenvalue weighted by molar-refractivity contribution is 5.34. The predicted molar refractivity (Wildman–Crippen MR) is 87.7 cm³/mol. The average Bonchev–Trinajstić information content (AvgIpc) is 2.88. The molecule has 1 heterocycles. The van der Waals surface area contributed by atoms with Crippen LogP contribution < -0.4 is 4.74 Å². The fourth-order valence-corrected chi connectivity index (χ4v) is 2.48. The molecule has 0 spiro atoms. The molecular weight excluding hydrogens is 310 g/mol. The number of nitro groups is 1. The fraction of sp³-hybridized carbons (Fsp3) is 0.222. The lowest BCUT2D eigenvalue weighted by molar-refractivity contribution is -0.384. The van der Waals surface area contributed by atoms with Gasteiger partial charge in [-0.3, -0.25) is 10.1 Å². The average molecular weight is 327 g/mol. The summed E-state index contributed by atoms with van der Waals surface area (Å²) >= 11 is 0. The van der Waals surface area contributed by atoms with Gasteiger partial charge in [0.25, 0.3) is 5.69 Å². The maximum Gasteiger partial charge on any atom is 0.269 e. The first kappa shape index (κ1) is 16.0. The van der Waals surface area contributed by atoms with Crippen LogP contribution in [0.5, 0.6) is 5.75 Å². The lowest BCUT2D eigenvalue weighted by atomic mass is 10.00. The Labute approximate surface area is 139 Å². The van der Waals surface area contributed by atoms with Gasteiger partial charge in [-0.15, -0.1) is 0 Å². The molecule has 2 atom stereocenters. The van der Waals surface area contributed by atoms with Crippen LogP contribution in [-0.2, 0) is 9.47 Å². The number of nitrogens with zero attached hydrogens (tertiary/aromatic N) is 1. The Bertz CT molecular complexity index is 724. The van der Waals surface area contributed by atoms with Gasteiger partial charge in [0, 0.05) is 23.6 Å². The number of non-ortho nitro benzene ring substituents is 1. The summed E-state index contributed by atoms with van der Waals surface area (Å²) in [5, 5.41) is 10.7. The summed E-state index contributed by atoms with van der Waals surface area (Å²) in [7, 11) is 1.63. The van der Waals surface area contributed by atoms with E-state index in [9.17, 15) is 10.1 Å². The monoisotopic (exact) mass is 327 g/mol. The van der Waals surface area contributed by atoms with E-state index in [0.29, 0.717) is 6.61 Å². The Morgan fingerprint density at radius 2 is 1.75 bits per heavy atom. The van der Waals surface area contributed by atoms with E-state index in [1.807, 2.05) is 30.3 Å². The van der Waals surface area contributed by atoms with Gasteiger partial charge in [-0.2, -0.15) is 0 Å². The maximum absolute atomic E-state index is 10.7. The van der Waals surface area contributed by atoms with Crippen molar-refractivity contribution in [3.05, 3.63) is 82.1 Å². The summed E-state index contributed by atoms with van der Waals surface area (Å²) < 4.78 is 16.6. The molecule has 2 aromatic rings. The summed E-state index contributed by atoms with van der Waals surface area (Å²) in [5.41, 5.74) is 1.87. The molecule has 2 aromatic carbocycles. The first-order valence-corrected chi connectivity index (χ1v) is 7.49. The molecule has 0 saturated carbocycles. The minimum absolute atomic E-state index is 0.0408. The summed E-state index contributed by atoms with van der Waals surface area (Å²) in [5.74, 6) is 0.872. The van der Waals surface area contributed by atoms with E-state index in [-0.39, 0.29) is 11.6 Å². The van der Waals surface area contributed by atoms with Crippen molar-refractivity contribution in [2.45, 2.75) is 12.2 Å². The van der Waals surface area contributed by atoms with Gasteiger partial charge in [0.1, 0.15) is 5.75 Å². The van der Waals surface area contributed by atoms with E-state index in [1.165, 1.54) is 12.1 Å². The molecule has 6 heteroatoms. The normalized spacial score (nSPS) is 20.0. The molecule has 0 saturated heterocycles. The quantitative estimate of drug-likeness (QED) is 0.628. The minimum atomic E-state index is -0.578. The number of ether oxygens (including phenoxy) is 3. The van der Waals surface area contributed by atoms with Gasteiger partial charge in [0.2, 0.25) is 6.29 Å². The third-order valence-corrected chi connectivity index (χ3v) is 3.86. The van der Waals surface area contributed by atoms with Crippen molar-refractivity contribution in [2.75, 3.05) is 13.7 Å². The van der Waals surface area contributed by atoms with Crippen molar-refractivity contribution < 1.29 is 19.1 Å². The molecule has 1 aliphatic heterocycles. The van der Waals surface area contributed by atoms with E-state index in [0.717, 1.165) is 16.9 Å². The second-order valence-electron chi connectivity index (χ2n) is 5.36. The third-order valence-electron chi connectivity index (χ3n) is 3.86. The molecule has 0 amide bonds. The van der Waals surface area contributed by atoms with Crippen LogP contribution in [0.1, 0.15) is 23.3 Å². The number of nitro benzene ring substituents is 1. The van der Waals surface area contributed by atoms with Crippen molar-refractivity contribution in [1.82, 2.24) is 0 Å². The molecule has 0 bridgehead atoms. The van der Waals surface area contributed by atoms with E-state index in [1.54, 1.807) is 25.5 Å². The molecule has 3 rings (SSSR count). The van der Waals surface area contributed by atoms with Gasteiger partial charge in [-0.1, -0.05) is 12.1 Å². The molecule has 24 heavy (non-hydrogen) atoms. The summed E-state index contributed by atoms with van der Waals surface area (Å²) in [4.78, 5) is 10.3. The molecular formula is C18H17NO5. The van der Waals surface area contributed by atoms with Crippen molar-refractivity contribution >= 4 is 5.69 Å². The van der Waals surface area contributed by atoms with Gasteiger partial charge in [-0.25, -0.2) is 0 Å². The second kappa shape index (κ2) is 7.14. The molecule has 0 aromatic heterocycles. The zero-order valence-corrected chi connectivity index (χ0v) is 13.1. The van der Waals surface area contributed by atoms with E-state index >= 15 is 0 Å². The Kier molecular flexibility index (Phi) is 4.77. The molecule has 1 aliphatic rings. The SMILES string of the molecule is COc1ccc([C@H]2C=CO[C@H](c3ccc([N+](=O)[O-])cc3)OC2)cc1. The maximum atomic E-state index is 10.7. The zero-order valence-electron chi connectivity index (χ0n) is 13.1. The number of methoxy groups -OCH3 is 1. The first-order valence-electron chi connectivity index (χ1n) is 7.49. The highest BCUT2D eigenvalue weighted by atomic mass is 16.7. The highest BCUT2D eigenvalue weighted by Crippen LogP contribution is 2.29. The lowest BCUT2D eigenvalue weighted by Gasteiger charge is -2.17. The lowest BCUT2D eigenvalue weighted by Crippen LogP contribution is -2.09. The van der Waals surface area contributed by atoms with Crippen LogP contribution in [0.25, 0.3) is 0 Å². The highest BCUT2D eigenvalue weighted by Gasteiger charge is 2.20. The standard InChI is InChI=1S/C18H17NO5/c1-22-17-8-4-13(5-9-17)15-10-11-23-18(24-12-15)14-2-6-16(7-3-14)19(20)21/h2-11,15,18H,12H2,1H3/t15-,18-/m0/s1. The van der Waals surface area contributed by atoms with Crippen LogP contribution in [0.3, 0.4) is 0 Å². The summed E-state index contributed by atoms with van der Waals surface area (Å²) in [6.45, 7) is 0.449. The number of hydrogen-bond donors (Lipinski definition) is 0. The Hall–Kier alpha value is -2.86. The second-order valence-corrected chi connectivity index (χ2v) is 5.36. The molecule has 0 fully saturated rings. The Balaban J connectivity index is 1.69. The molecule has 6 nitrogen and oxygen atoms in total. The number of rotatable bonds is 4. The van der Waals surface area contributed by atoms with Gasteiger partial charge in [-0.05, 0) is 35.9 Å². The Morgan fingerprint density at radius 1 is 1.08 bits per heavy atom. The zero-order chi connectivity index (χ0) is 16.9. The van der Waals surface area contributed by atoms with Gasteiger partial charge in [0.05, 0.1) is 24.9 Å². The minimum Gasteiger partial charge on any atom is -0.497 e. The number of hydrogen-bond acceptors (Lipinski definition) is 5. The van der Waals surface area contributed by atoms with Crippen LogP contribution >= 0.6 is 0 Å². The smallest absolute Gasteiger partial charge is 0.269 e. The summed E-state index contributed by atoms with van der Waals surface area (Å²) in [6, 6.07) is 14.0. The molecule has 0 N–H and O–H groups in total. The topological polar surface area (TPSA) is 70.8 Å².